The van der Waals surface area contributed by atoms with Crippen molar-refractivity contribution in [1.29, 1.82) is 0 Å². The second kappa shape index (κ2) is 12.3. The van der Waals surface area contributed by atoms with Gasteiger partial charge in [-0.3, -0.25) is 14.8 Å². The molecule has 1 aliphatic heterocycles. The maximum atomic E-state index is 4.83. The Morgan fingerprint density at radius 1 is 1.17 bits per heavy atom. The van der Waals surface area contributed by atoms with Gasteiger partial charge in [-0.25, -0.2) is 0 Å². The highest BCUT2D eigenvalue weighted by Gasteiger charge is 2.31. The van der Waals surface area contributed by atoms with E-state index in [9.17, 15) is 0 Å². The number of likely N-dealkylation sites (N-methyl/N-ethyl adjacent to an activating group) is 1. The molecule has 3 atom stereocenters. The summed E-state index contributed by atoms with van der Waals surface area (Å²) in [6, 6.07) is 1.58. The van der Waals surface area contributed by atoms with Crippen molar-refractivity contribution in [3.05, 3.63) is 0 Å². The van der Waals surface area contributed by atoms with Crippen molar-refractivity contribution in [2.75, 3.05) is 39.3 Å². The van der Waals surface area contributed by atoms with Crippen LogP contribution in [-0.2, 0) is 0 Å². The first-order valence-corrected chi connectivity index (χ1v) is 9.45. The molecule has 6 heteroatoms. The Morgan fingerprint density at radius 3 is 2.25 bits per heavy atom. The fourth-order valence-electron chi connectivity index (χ4n) is 3.30. The van der Waals surface area contributed by atoms with Gasteiger partial charge in [-0.2, -0.15) is 0 Å². The molecule has 5 nitrogen and oxygen atoms in total. The Labute approximate surface area is 167 Å². The van der Waals surface area contributed by atoms with E-state index in [1.54, 1.807) is 0 Å². The first-order chi connectivity index (χ1) is 10.9. The number of hydrogen-bond donors (Lipinski definition) is 2. The van der Waals surface area contributed by atoms with Gasteiger partial charge in [-0.05, 0) is 46.7 Å². The molecule has 1 fully saturated rings. The number of guanidine groups is 1. The molecule has 0 saturated carbocycles. The van der Waals surface area contributed by atoms with Gasteiger partial charge in [0.05, 0.1) is 6.54 Å². The molecule has 3 unspecified atom stereocenters. The molecule has 144 valence electrons. The molecule has 1 rings (SSSR count). The lowest BCUT2D eigenvalue weighted by molar-refractivity contribution is 0.236. The number of halogens is 1. The van der Waals surface area contributed by atoms with Crippen LogP contribution in [0.2, 0.25) is 0 Å². The first kappa shape index (κ1) is 23.9. The van der Waals surface area contributed by atoms with E-state index in [0.717, 1.165) is 38.7 Å². The largest absolute Gasteiger partial charge is 0.357 e. The lowest BCUT2D eigenvalue weighted by atomic mass is 10.1. The third-order valence-electron chi connectivity index (χ3n) is 4.99. The average Bonchev–Trinajstić information content (AvgIpc) is 2.87. The van der Waals surface area contributed by atoms with E-state index >= 15 is 0 Å². The summed E-state index contributed by atoms with van der Waals surface area (Å²) in [6.07, 6.45) is 0. The topological polar surface area (TPSA) is 42.9 Å². The smallest absolute Gasteiger partial charge is 0.191 e. The minimum atomic E-state index is 0. The molecule has 0 aromatic carbocycles. The first-order valence-electron chi connectivity index (χ1n) is 9.45. The SMILES string of the molecule is CCNC(=NCC(C)N(CC)CC)NC1CN(C(C)C)CC1C.I. The van der Waals surface area contributed by atoms with E-state index < -0.39 is 0 Å². The van der Waals surface area contributed by atoms with Crippen LogP contribution in [0.15, 0.2) is 4.99 Å². The van der Waals surface area contributed by atoms with E-state index in [2.05, 4.69) is 68.9 Å². The zero-order chi connectivity index (χ0) is 17.4. The van der Waals surface area contributed by atoms with Gasteiger partial charge in [-0.1, -0.05) is 20.8 Å². The highest BCUT2D eigenvalue weighted by Crippen LogP contribution is 2.18. The van der Waals surface area contributed by atoms with Crippen LogP contribution in [0.1, 0.15) is 48.5 Å². The molecule has 0 amide bonds. The van der Waals surface area contributed by atoms with Crippen LogP contribution in [0.5, 0.6) is 0 Å². The van der Waals surface area contributed by atoms with Gasteiger partial charge in [0.25, 0.3) is 0 Å². The van der Waals surface area contributed by atoms with E-state index in [0.29, 0.717) is 24.0 Å². The van der Waals surface area contributed by atoms with Gasteiger partial charge in [0, 0.05) is 37.8 Å². The summed E-state index contributed by atoms with van der Waals surface area (Å²) >= 11 is 0. The Balaban J connectivity index is 0.00000529. The van der Waals surface area contributed by atoms with E-state index in [1.807, 2.05) is 0 Å². The second-order valence-electron chi connectivity index (χ2n) is 7.07. The average molecular weight is 453 g/mol. The van der Waals surface area contributed by atoms with Crippen LogP contribution in [0.4, 0.5) is 0 Å². The Bertz CT molecular complexity index is 357. The summed E-state index contributed by atoms with van der Waals surface area (Å²) in [5, 5.41) is 7.07. The summed E-state index contributed by atoms with van der Waals surface area (Å²) < 4.78 is 0. The number of aliphatic imine (C=N–C) groups is 1. The van der Waals surface area contributed by atoms with Crippen molar-refractivity contribution < 1.29 is 0 Å². The summed E-state index contributed by atoms with van der Waals surface area (Å²) in [5.41, 5.74) is 0. The minimum Gasteiger partial charge on any atom is -0.357 e. The number of hydrogen-bond acceptors (Lipinski definition) is 3. The summed E-state index contributed by atoms with van der Waals surface area (Å²) in [5.74, 6) is 1.62. The van der Waals surface area contributed by atoms with Gasteiger partial charge < -0.3 is 10.6 Å². The zero-order valence-corrected chi connectivity index (χ0v) is 19.1. The second-order valence-corrected chi connectivity index (χ2v) is 7.07. The highest BCUT2D eigenvalue weighted by molar-refractivity contribution is 14.0. The van der Waals surface area contributed by atoms with Crippen molar-refractivity contribution in [3.8, 4) is 0 Å². The van der Waals surface area contributed by atoms with Crippen molar-refractivity contribution in [3.63, 3.8) is 0 Å². The lowest BCUT2D eigenvalue weighted by Gasteiger charge is -2.26. The van der Waals surface area contributed by atoms with E-state index in [-0.39, 0.29) is 24.0 Å². The number of likely N-dealkylation sites (tertiary alicyclic amines) is 1. The van der Waals surface area contributed by atoms with Gasteiger partial charge >= 0.3 is 0 Å². The number of nitrogens with zero attached hydrogens (tertiary/aromatic N) is 3. The molecule has 0 aromatic rings. The molecular weight excluding hydrogens is 413 g/mol. The Kier molecular flexibility index (Phi) is 12.3. The molecule has 0 bridgehead atoms. The maximum Gasteiger partial charge on any atom is 0.191 e. The molecule has 0 radical (unpaired) electrons. The maximum absolute atomic E-state index is 4.83. The molecule has 2 N–H and O–H groups in total. The molecule has 24 heavy (non-hydrogen) atoms. The molecule has 0 aliphatic carbocycles. The molecule has 1 heterocycles. The van der Waals surface area contributed by atoms with Crippen molar-refractivity contribution in [1.82, 2.24) is 20.4 Å². The van der Waals surface area contributed by atoms with Crippen molar-refractivity contribution in [2.45, 2.75) is 66.6 Å². The summed E-state index contributed by atoms with van der Waals surface area (Å²) in [6.45, 7) is 21.9. The quantitative estimate of drug-likeness (QED) is 0.337. The van der Waals surface area contributed by atoms with Crippen LogP contribution < -0.4 is 10.6 Å². The van der Waals surface area contributed by atoms with Crippen LogP contribution >= 0.6 is 24.0 Å². The van der Waals surface area contributed by atoms with Crippen LogP contribution in [0.3, 0.4) is 0 Å². The Hall–Kier alpha value is -0.0800. The zero-order valence-electron chi connectivity index (χ0n) is 16.8. The van der Waals surface area contributed by atoms with Gasteiger partial charge in [-0.15, -0.1) is 24.0 Å². The van der Waals surface area contributed by atoms with Crippen LogP contribution in [0.25, 0.3) is 0 Å². The fraction of sp³-hybridized carbons (Fsp3) is 0.944. The predicted molar refractivity (Wildman–Crippen MR) is 117 cm³/mol. The van der Waals surface area contributed by atoms with Gasteiger partial charge in [0.15, 0.2) is 5.96 Å². The van der Waals surface area contributed by atoms with Crippen LogP contribution in [0, 0.1) is 5.92 Å². The monoisotopic (exact) mass is 453 g/mol. The molecule has 1 saturated heterocycles. The highest BCUT2D eigenvalue weighted by atomic mass is 127. The van der Waals surface area contributed by atoms with Gasteiger partial charge in [0.2, 0.25) is 0 Å². The third-order valence-corrected chi connectivity index (χ3v) is 4.99. The Morgan fingerprint density at radius 2 is 1.79 bits per heavy atom. The normalized spacial score (nSPS) is 23.5. The van der Waals surface area contributed by atoms with E-state index in [4.69, 9.17) is 4.99 Å². The molecule has 0 aromatic heterocycles. The fourth-order valence-corrected chi connectivity index (χ4v) is 3.30. The third kappa shape index (κ3) is 7.44. The predicted octanol–water partition coefficient (Wildman–Crippen LogP) is 2.62. The van der Waals surface area contributed by atoms with Crippen molar-refractivity contribution >= 4 is 29.9 Å². The minimum absolute atomic E-state index is 0. The number of nitrogens with one attached hydrogen (secondary N) is 2. The van der Waals surface area contributed by atoms with Crippen LogP contribution in [-0.4, -0.2) is 73.2 Å². The standard InChI is InChI=1S/C18H39N5.HI/c1-8-19-18(20-11-16(7)22(9-2)10-3)21-17-13-23(14(4)5)12-15(17)6;/h14-17H,8-13H2,1-7H3,(H2,19,20,21);1H. The lowest BCUT2D eigenvalue weighted by Crippen LogP contribution is -2.47. The van der Waals surface area contributed by atoms with Crippen molar-refractivity contribution in [2.24, 2.45) is 10.9 Å². The molecular formula is C18H40IN5. The molecule has 0 spiro atoms. The summed E-state index contributed by atoms with van der Waals surface area (Å²) in [7, 11) is 0. The summed E-state index contributed by atoms with van der Waals surface area (Å²) in [4.78, 5) is 9.83. The number of rotatable bonds is 8. The van der Waals surface area contributed by atoms with E-state index in [1.165, 1.54) is 6.54 Å². The van der Waals surface area contributed by atoms with Gasteiger partial charge in [0.1, 0.15) is 0 Å². The molecule has 1 aliphatic rings.